The molecule has 2 aromatic carbocycles. The molecule has 128 valence electrons. The van der Waals surface area contributed by atoms with Gasteiger partial charge in [0.25, 0.3) is 5.91 Å². The van der Waals surface area contributed by atoms with E-state index in [1.165, 1.54) is 0 Å². The van der Waals surface area contributed by atoms with Gasteiger partial charge >= 0.3 is 0 Å². The molecule has 0 aliphatic heterocycles. The van der Waals surface area contributed by atoms with Crippen LogP contribution in [0.1, 0.15) is 27.3 Å². The molecule has 1 aromatic heterocycles. The second-order valence-corrected chi connectivity index (χ2v) is 6.16. The van der Waals surface area contributed by atoms with Crippen LogP contribution in [0.2, 0.25) is 5.02 Å². The van der Waals surface area contributed by atoms with Crippen molar-refractivity contribution in [3.63, 3.8) is 0 Å². The second kappa shape index (κ2) is 7.40. The van der Waals surface area contributed by atoms with E-state index in [9.17, 15) is 4.79 Å². The maximum Gasteiger partial charge on any atom is 0.269 e. The third-order valence-electron chi connectivity index (χ3n) is 3.81. The highest BCUT2D eigenvalue weighted by atomic mass is 35.5. The van der Waals surface area contributed by atoms with Crippen molar-refractivity contribution in [3.8, 4) is 5.75 Å². The Balaban J connectivity index is 1.83. The number of ether oxygens (including phenoxy) is 1. The lowest BCUT2D eigenvalue weighted by Crippen LogP contribution is -2.13. The Kier molecular flexibility index (Phi) is 5.05. The van der Waals surface area contributed by atoms with Crippen LogP contribution in [0.5, 0.6) is 5.75 Å². The van der Waals surface area contributed by atoms with E-state index in [4.69, 9.17) is 22.1 Å². The van der Waals surface area contributed by atoms with Gasteiger partial charge in [0.05, 0.1) is 6.54 Å². The summed E-state index contributed by atoms with van der Waals surface area (Å²) in [6.45, 7) is 2.76. The minimum atomic E-state index is -0.548. The first kappa shape index (κ1) is 17.0. The molecule has 3 rings (SSSR count). The molecule has 0 radical (unpaired) electrons. The van der Waals surface area contributed by atoms with Gasteiger partial charge in [-0.1, -0.05) is 41.9 Å². The molecule has 0 saturated carbocycles. The Morgan fingerprint density at radius 1 is 1.20 bits per heavy atom. The third kappa shape index (κ3) is 4.19. The number of hydrogen-bond acceptors (Lipinski definition) is 3. The van der Waals surface area contributed by atoms with Crippen molar-refractivity contribution in [1.82, 2.24) is 9.78 Å². The first-order valence-corrected chi connectivity index (χ1v) is 8.20. The van der Waals surface area contributed by atoms with Crippen molar-refractivity contribution in [3.05, 3.63) is 82.1 Å². The molecular formula is C19H18ClN3O2. The molecular weight excluding hydrogens is 338 g/mol. The highest BCUT2D eigenvalue weighted by Gasteiger charge is 2.12. The van der Waals surface area contributed by atoms with Crippen LogP contribution in [0.3, 0.4) is 0 Å². The Labute approximate surface area is 151 Å². The number of hydrogen-bond donors (Lipinski definition) is 1. The van der Waals surface area contributed by atoms with Crippen molar-refractivity contribution < 1.29 is 9.53 Å². The lowest BCUT2D eigenvalue weighted by atomic mass is 10.2. The highest BCUT2D eigenvalue weighted by molar-refractivity contribution is 6.30. The van der Waals surface area contributed by atoms with E-state index in [0.29, 0.717) is 18.2 Å². The van der Waals surface area contributed by atoms with Crippen LogP contribution in [0.4, 0.5) is 0 Å². The van der Waals surface area contributed by atoms with E-state index >= 15 is 0 Å². The van der Waals surface area contributed by atoms with Crippen LogP contribution >= 0.6 is 11.6 Å². The molecule has 0 saturated heterocycles. The molecule has 25 heavy (non-hydrogen) atoms. The monoisotopic (exact) mass is 355 g/mol. The Hall–Kier alpha value is -2.79. The van der Waals surface area contributed by atoms with Gasteiger partial charge in [-0.15, -0.1) is 0 Å². The molecule has 0 spiro atoms. The van der Waals surface area contributed by atoms with Gasteiger partial charge in [-0.2, -0.15) is 5.10 Å². The first-order chi connectivity index (χ1) is 12.0. The van der Waals surface area contributed by atoms with Crippen molar-refractivity contribution in [2.24, 2.45) is 5.73 Å². The summed E-state index contributed by atoms with van der Waals surface area (Å²) in [6.07, 6.45) is 0. The number of aryl methyl sites for hydroxylation is 1. The third-order valence-corrected chi connectivity index (χ3v) is 4.05. The van der Waals surface area contributed by atoms with E-state index in [0.717, 1.165) is 22.6 Å². The number of carbonyl (C=O) groups is 1. The normalized spacial score (nSPS) is 10.6. The molecule has 2 N–H and O–H groups in total. The SMILES string of the molecule is Cc1cc(C(N)=O)nn1Cc1cc(Cl)ccc1OCc1ccccc1. The lowest BCUT2D eigenvalue weighted by Gasteiger charge is -2.13. The van der Waals surface area contributed by atoms with E-state index in [1.807, 2.05) is 49.4 Å². The van der Waals surface area contributed by atoms with Crippen molar-refractivity contribution >= 4 is 17.5 Å². The van der Waals surface area contributed by atoms with Crippen LogP contribution in [-0.4, -0.2) is 15.7 Å². The van der Waals surface area contributed by atoms with Gasteiger partial charge in [-0.05, 0) is 36.8 Å². The molecule has 1 heterocycles. The molecule has 3 aromatic rings. The van der Waals surface area contributed by atoms with Gasteiger partial charge in [-0.3, -0.25) is 9.48 Å². The maximum atomic E-state index is 11.3. The van der Waals surface area contributed by atoms with Crippen molar-refractivity contribution in [2.45, 2.75) is 20.1 Å². The zero-order chi connectivity index (χ0) is 17.8. The number of carbonyl (C=O) groups excluding carboxylic acids is 1. The van der Waals surface area contributed by atoms with E-state index < -0.39 is 5.91 Å². The number of primary amides is 1. The number of amides is 1. The zero-order valence-corrected chi connectivity index (χ0v) is 14.5. The Bertz CT molecular complexity index is 891. The minimum absolute atomic E-state index is 0.242. The number of aromatic nitrogens is 2. The van der Waals surface area contributed by atoms with Gasteiger partial charge in [-0.25, -0.2) is 0 Å². The van der Waals surface area contributed by atoms with E-state index in [2.05, 4.69) is 5.10 Å². The Morgan fingerprint density at radius 2 is 1.96 bits per heavy atom. The average molecular weight is 356 g/mol. The van der Waals surface area contributed by atoms with Gasteiger partial charge in [0.2, 0.25) is 0 Å². The number of nitrogens with two attached hydrogens (primary N) is 1. The summed E-state index contributed by atoms with van der Waals surface area (Å²) in [5.74, 6) is 0.178. The first-order valence-electron chi connectivity index (χ1n) is 7.82. The van der Waals surface area contributed by atoms with Crippen LogP contribution in [-0.2, 0) is 13.2 Å². The molecule has 0 aliphatic carbocycles. The van der Waals surface area contributed by atoms with Gasteiger partial charge in [0.1, 0.15) is 18.1 Å². The molecule has 0 bridgehead atoms. The van der Waals surface area contributed by atoms with E-state index in [1.54, 1.807) is 16.8 Å². The predicted octanol–water partition coefficient (Wildman–Crippen LogP) is 3.57. The van der Waals surface area contributed by atoms with Crippen molar-refractivity contribution in [2.75, 3.05) is 0 Å². The quantitative estimate of drug-likeness (QED) is 0.734. The standard InChI is InChI=1S/C19H18ClN3O2/c1-13-9-17(19(21)24)22-23(13)11-15-10-16(20)7-8-18(15)25-12-14-5-3-2-4-6-14/h2-10H,11-12H2,1H3,(H2,21,24). The summed E-state index contributed by atoms with van der Waals surface area (Å²) >= 11 is 6.14. The van der Waals surface area contributed by atoms with Gasteiger partial charge in [0, 0.05) is 16.3 Å². The molecule has 1 amide bonds. The Morgan fingerprint density at radius 3 is 2.64 bits per heavy atom. The summed E-state index contributed by atoms with van der Waals surface area (Å²) in [5, 5.41) is 4.85. The average Bonchev–Trinajstić information content (AvgIpc) is 2.96. The van der Waals surface area contributed by atoms with Crippen LogP contribution < -0.4 is 10.5 Å². The summed E-state index contributed by atoms with van der Waals surface area (Å²) in [5.41, 5.74) is 8.33. The number of nitrogens with zero attached hydrogens (tertiary/aromatic N) is 2. The summed E-state index contributed by atoms with van der Waals surface area (Å²) in [4.78, 5) is 11.3. The fourth-order valence-electron chi connectivity index (χ4n) is 2.50. The second-order valence-electron chi connectivity index (χ2n) is 5.72. The fraction of sp³-hybridized carbons (Fsp3) is 0.158. The lowest BCUT2D eigenvalue weighted by molar-refractivity contribution is 0.0995. The molecule has 0 aliphatic rings. The summed E-state index contributed by atoms with van der Waals surface area (Å²) < 4.78 is 7.66. The fourth-order valence-corrected chi connectivity index (χ4v) is 2.69. The minimum Gasteiger partial charge on any atom is -0.489 e. The molecule has 6 heteroatoms. The van der Waals surface area contributed by atoms with Gasteiger partial charge in [0.15, 0.2) is 0 Å². The van der Waals surface area contributed by atoms with Crippen molar-refractivity contribution in [1.29, 1.82) is 0 Å². The van der Waals surface area contributed by atoms with Crippen LogP contribution in [0.25, 0.3) is 0 Å². The molecule has 5 nitrogen and oxygen atoms in total. The van der Waals surface area contributed by atoms with Crippen LogP contribution in [0, 0.1) is 6.92 Å². The molecule has 0 fully saturated rings. The predicted molar refractivity (Wildman–Crippen MR) is 96.8 cm³/mol. The van der Waals surface area contributed by atoms with Gasteiger partial charge < -0.3 is 10.5 Å². The number of rotatable bonds is 6. The highest BCUT2D eigenvalue weighted by Crippen LogP contribution is 2.25. The van der Waals surface area contributed by atoms with E-state index in [-0.39, 0.29) is 5.69 Å². The number of halogens is 1. The smallest absolute Gasteiger partial charge is 0.269 e. The van der Waals surface area contributed by atoms with Crippen LogP contribution in [0.15, 0.2) is 54.6 Å². The largest absolute Gasteiger partial charge is 0.489 e. The topological polar surface area (TPSA) is 70.1 Å². The zero-order valence-electron chi connectivity index (χ0n) is 13.8. The summed E-state index contributed by atoms with van der Waals surface area (Å²) in [7, 11) is 0. The maximum absolute atomic E-state index is 11.3. The summed E-state index contributed by atoms with van der Waals surface area (Å²) in [6, 6.07) is 17.1. The molecule has 0 unspecified atom stereocenters. The molecule has 0 atom stereocenters. The number of benzene rings is 2.